The predicted molar refractivity (Wildman–Crippen MR) is 106 cm³/mol. The number of hydrogen-bond acceptors (Lipinski definition) is 2. The second-order valence-electron chi connectivity index (χ2n) is 8.19. The van der Waals surface area contributed by atoms with Crippen molar-refractivity contribution < 1.29 is 9.16 Å². The van der Waals surface area contributed by atoms with Crippen LogP contribution >= 0.6 is 0 Å². The van der Waals surface area contributed by atoms with Crippen LogP contribution in [0.2, 0.25) is 18.1 Å². The minimum absolute atomic E-state index is 0.0685. The summed E-state index contributed by atoms with van der Waals surface area (Å²) in [6, 6.07) is 10.3. The van der Waals surface area contributed by atoms with Crippen LogP contribution < -0.4 is 0 Å². The molecule has 2 rings (SSSR count). The first-order valence-electron chi connectivity index (χ1n) is 8.90. The number of rotatable bonds is 5. The molecule has 1 aromatic rings. The highest BCUT2D eigenvalue weighted by atomic mass is 28.4. The summed E-state index contributed by atoms with van der Waals surface area (Å²) in [4.78, 5) is 0. The van der Waals surface area contributed by atoms with E-state index in [0.717, 1.165) is 12.8 Å². The van der Waals surface area contributed by atoms with Gasteiger partial charge in [-0.3, -0.25) is 0 Å². The standard InChI is InChI=1S/C21H32O2Si/c1-7-18-15-20(23-24(5,6)21(2,3)4)16-19(22-18)14-13-17-11-9-8-10-12-17/h7-14,18-20H,1,15-16H2,2-6H3/b14-13+/t18-,19+,20-/m0/s1. The van der Waals surface area contributed by atoms with E-state index in [4.69, 9.17) is 9.16 Å². The molecule has 0 spiro atoms. The summed E-state index contributed by atoms with van der Waals surface area (Å²) in [5, 5.41) is 0.227. The maximum atomic E-state index is 6.63. The molecule has 0 bridgehead atoms. The summed E-state index contributed by atoms with van der Waals surface area (Å²) in [7, 11) is -1.77. The lowest BCUT2D eigenvalue weighted by Gasteiger charge is -2.42. The van der Waals surface area contributed by atoms with Gasteiger partial charge in [0.05, 0.1) is 18.3 Å². The summed E-state index contributed by atoms with van der Waals surface area (Å²) in [6.07, 6.45) is 8.42. The quantitative estimate of drug-likeness (QED) is 0.494. The summed E-state index contributed by atoms with van der Waals surface area (Å²) in [5.74, 6) is 0. The molecule has 1 aliphatic heterocycles. The Kier molecular flexibility index (Phi) is 6.24. The maximum Gasteiger partial charge on any atom is 0.192 e. The molecule has 1 aliphatic rings. The summed E-state index contributed by atoms with van der Waals surface area (Å²) in [6.45, 7) is 15.4. The fourth-order valence-electron chi connectivity index (χ4n) is 2.70. The Morgan fingerprint density at radius 2 is 1.75 bits per heavy atom. The molecule has 0 saturated carbocycles. The molecular weight excluding hydrogens is 312 g/mol. The molecule has 1 fully saturated rings. The zero-order valence-electron chi connectivity index (χ0n) is 15.8. The topological polar surface area (TPSA) is 18.5 Å². The normalized spacial score (nSPS) is 25.8. The van der Waals surface area contributed by atoms with Crippen molar-refractivity contribution in [2.24, 2.45) is 0 Å². The number of hydrogen-bond donors (Lipinski definition) is 0. The minimum atomic E-state index is -1.77. The van der Waals surface area contributed by atoms with Crippen molar-refractivity contribution in [3.63, 3.8) is 0 Å². The number of ether oxygens (including phenoxy) is 1. The molecular formula is C21H32O2Si. The molecule has 0 unspecified atom stereocenters. The zero-order valence-corrected chi connectivity index (χ0v) is 16.8. The lowest BCUT2D eigenvalue weighted by molar-refractivity contribution is -0.0501. The molecule has 1 saturated heterocycles. The Bertz CT molecular complexity index is 557. The molecule has 24 heavy (non-hydrogen) atoms. The zero-order chi connectivity index (χ0) is 17.8. The molecule has 0 amide bonds. The third kappa shape index (κ3) is 5.17. The van der Waals surface area contributed by atoms with Crippen molar-refractivity contribution in [1.29, 1.82) is 0 Å². The van der Waals surface area contributed by atoms with E-state index in [9.17, 15) is 0 Å². The van der Waals surface area contributed by atoms with Gasteiger partial charge in [-0.2, -0.15) is 0 Å². The van der Waals surface area contributed by atoms with Crippen LogP contribution in [0.25, 0.3) is 6.08 Å². The Hall–Kier alpha value is -1.16. The highest BCUT2D eigenvalue weighted by molar-refractivity contribution is 6.74. The van der Waals surface area contributed by atoms with Crippen molar-refractivity contribution in [2.75, 3.05) is 0 Å². The van der Waals surface area contributed by atoms with Gasteiger partial charge in [-0.05, 0) is 23.7 Å². The van der Waals surface area contributed by atoms with Gasteiger partial charge < -0.3 is 9.16 Å². The molecule has 3 heteroatoms. The SMILES string of the molecule is C=C[C@H]1C[C@H](O[Si](C)(C)C(C)(C)C)C[C@@H](/C=C/c2ccccc2)O1. The van der Waals surface area contributed by atoms with Gasteiger partial charge in [-0.15, -0.1) is 6.58 Å². The Labute approximate surface area is 148 Å². The van der Waals surface area contributed by atoms with Gasteiger partial charge in [-0.25, -0.2) is 0 Å². The molecule has 1 heterocycles. The largest absolute Gasteiger partial charge is 0.414 e. The Morgan fingerprint density at radius 1 is 1.12 bits per heavy atom. The van der Waals surface area contributed by atoms with E-state index in [0.29, 0.717) is 0 Å². The average molecular weight is 345 g/mol. The van der Waals surface area contributed by atoms with Crippen molar-refractivity contribution >= 4 is 14.4 Å². The van der Waals surface area contributed by atoms with Crippen LogP contribution in [0.4, 0.5) is 0 Å². The second-order valence-corrected chi connectivity index (χ2v) is 12.9. The van der Waals surface area contributed by atoms with Crippen LogP contribution in [-0.4, -0.2) is 26.6 Å². The molecule has 0 aliphatic carbocycles. The van der Waals surface area contributed by atoms with Crippen molar-refractivity contribution in [2.45, 2.75) is 70.1 Å². The van der Waals surface area contributed by atoms with E-state index in [1.807, 2.05) is 12.1 Å². The molecule has 2 nitrogen and oxygen atoms in total. The lowest BCUT2D eigenvalue weighted by atomic mass is 10.00. The first-order valence-corrected chi connectivity index (χ1v) is 11.8. The molecule has 0 aromatic heterocycles. The predicted octanol–water partition coefficient (Wildman–Crippen LogP) is 5.82. The van der Waals surface area contributed by atoms with Crippen LogP contribution in [0.3, 0.4) is 0 Å². The smallest absolute Gasteiger partial charge is 0.192 e. The van der Waals surface area contributed by atoms with E-state index >= 15 is 0 Å². The molecule has 3 atom stereocenters. The third-order valence-corrected chi connectivity index (χ3v) is 9.71. The Balaban J connectivity index is 2.06. The van der Waals surface area contributed by atoms with E-state index in [1.54, 1.807) is 0 Å². The maximum absolute atomic E-state index is 6.63. The Morgan fingerprint density at radius 3 is 2.33 bits per heavy atom. The van der Waals surface area contributed by atoms with Crippen LogP contribution in [0.15, 0.2) is 49.1 Å². The van der Waals surface area contributed by atoms with Gasteiger partial charge in [-0.1, -0.05) is 69.3 Å². The van der Waals surface area contributed by atoms with Crippen molar-refractivity contribution in [3.8, 4) is 0 Å². The van der Waals surface area contributed by atoms with E-state index < -0.39 is 8.32 Å². The second kappa shape index (κ2) is 7.81. The van der Waals surface area contributed by atoms with Crippen LogP contribution in [0, 0.1) is 0 Å². The van der Waals surface area contributed by atoms with E-state index in [1.165, 1.54) is 5.56 Å². The highest BCUT2D eigenvalue weighted by Gasteiger charge is 2.40. The molecule has 1 aromatic carbocycles. The summed E-state index contributed by atoms with van der Waals surface area (Å²) < 4.78 is 12.8. The van der Waals surface area contributed by atoms with Crippen LogP contribution in [0.1, 0.15) is 39.2 Å². The lowest BCUT2D eigenvalue weighted by Crippen LogP contribution is -2.47. The van der Waals surface area contributed by atoms with Gasteiger partial charge in [0.15, 0.2) is 8.32 Å². The van der Waals surface area contributed by atoms with Gasteiger partial charge in [0.1, 0.15) is 0 Å². The van der Waals surface area contributed by atoms with Crippen LogP contribution in [0.5, 0.6) is 0 Å². The minimum Gasteiger partial charge on any atom is -0.414 e. The van der Waals surface area contributed by atoms with Crippen molar-refractivity contribution in [1.82, 2.24) is 0 Å². The van der Waals surface area contributed by atoms with Crippen molar-refractivity contribution in [3.05, 3.63) is 54.6 Å². The van der Waals surface area contributed by atoms with Crippen LogP contribution in [-0.2, 0) is 9.16 Å². The molecule has 0 radical (unpaired) electrons. The summed E-state index contributed by atoms with van der Waals surface area (Å²) >= 11 is 0. The van der Waals surface area contributed by atoms with Gasteiger partial charge in [0.25, 0.3) is 0 Å². The number of benzene rings is 1. The first kappa shape index (κ1) is 19.2. The highest BCUT2D eigenvalue weighted by Crippen LogP contribution is 2.39. The average Bonchev–Trinajstić information content (AvgIpc) is 2.52. The first-order chi connectivity index (χ1) is 11.2. The molecule has 0 N–H and O–H groups in total. The van der Waals surface area contributed by atoms with E-state index in [2.05, 4.69) is 76.9 Å². The van der Waals surface area contributed by atoms with Gasteiger partial charge in [0.2, 0.25) is 0 Å². The van der Waals surface area contributed by atoms with E-state index in [-0.39, 0.29) is 23.4 Å². The fraction of sp³-hybridized carbons (Fsp3) is 0.524. The van der Waals surface area contributed by atoms with Gasteiger partial charge in [0, 0.05) is 12.8 Å². The van der Waals surface area contributed by atoms with Gasteiger partial charge >= 0.3 is 0 Å². The summed E-state index contributed by atoms with van der Waals surface area (Å²) in [5.41, 5.74) is 1.20. The fourth-order valence-corrected chi connectivity index (χ4v) is 4.08. The monoisotopic (exact) mass is 344 g/mol. The third-order valence-electron chi connectivity index (χ3n) is 5.17. The molecule has 132 valence electrons.